The number of halogens is 1. The number of esters is 1. The lowest BCUT2D eigenvalue weighted by molar-refractivity contribution is -0.148. The molecule has 1 unspecified atom stereocenters. The Morgan fingerprint density at radius 1 is 1.03 bits per heavy atom. The Morgan fingerprint density at radius 2 is 1.69 bits per heavy atom. The number of benzene rings is 3. The van der Waals surface area contributed by atoms with E-state index >= 15 is 0 Å². The van der Waals surface area contributed by atoms with Crippen molar-refractivity contribution in [3.05, 3.63) is 89.4 Å². The van der Waals surface area contributed by atoms with Gasteiger partial charge in [-0.15, -0.1) is 0 Å². The molecule has 0 radical (unpaired) electrons. The zero-order valence-electron chi connectivity index (χ0n) is 19.5. The molecule has 0 spiro atoms. The standard InChI is InChI=1S/C26H25ClN2O6S/c1-34-26(31)24-17-29(22-9-5-6-10-23(22)35-24)25(30)18-28(16-15-19-7-3-2-4-8-19)36(32,33)21-13-11-20(27)12-14-21/h2-14,24H,15-18H2,1H3. The van der Waals surface area contributed by atoms with Crippen LogP contribution in [0.15, 0.2) is 83.8 Å². The molecule has 4 rings (SSSR count). The first-order chi connectivity index (χ1) is 17.3. The molecule has 0 N–H and O–H groups in total. The van der Waals surface area contributed by atoms with Crippen LogP contribution in [0, 0.1) is 0 Å². The lowest BCUT2D eigenvalue weighted by Crippen LogP contribution is -2.51. The fourth-order valence-electron chi connectivity index (χ4n) is 3.90. The highest BCUT2D eigenvalue weighted by Gasteiger charge is 2.36. The van der Waals surface area contributed by atoms with Crippen LogP contribution < -0.4 is 9.64 Å². The highest BCUT2D eigenvalue weighted by molar-refractivity contribution is 7.89. The van der Waals surface area contributed by atoms with Crippen LogP contribution >= 0.6 is 11.6 Å². The summed E-state index contributed by atoms with van der Waals surface area (Å²) < 4.78 is 38.8. The first-order valence-electron chi connectivity index (χ1n) is 11.2. The third-order valence-electron chi connectivity index (χ3n) is 5.79. The minimum absolute atomic E-state index is 0.0302. The second kappa shape index (κ2) is 11.1. The largest absolute Gasteiger partial charge is 0.475 e. The second-order valence-corrected chi connectivity index (χ2v) is 10.5. The van der Waals surface area contributed by atoms with Gasteiger partial charge in [-0.05, 0) is 48.4 Å². The first kappa shape index (κ1) is 25.7. The van der Waals surface area contributed by atoms with Crippen LogP contribution in [0.3, 0.4) is 0 Å². The molecule has 1 heterocycles. The van der Waals surface area contributed by atoms with Crippen molar-refractivity contribution in [3.63, 3.8) is 0 Å². The predicted molar refractivity (Wildman–Crippen MR) is 136 cm³/mol. The van der Waals surface area contributed by atoms with E-state index in [4.69, 9.17) is 21.1 Å². The first-order valence-corrected chi connectivity index (χ1v) is 13.0. The molecule has 1 aliphatic heterocycles. The predicted octanol–water partition coefficient (Wildman–Crippen LogP) is 3.54. The number of fused-ring (bicyclic) bond motifs is 1. The molecule has 0 fully saturated rings. The van der Waals surface area contributed by atoms with Gasteiger partial charge in [0.15, 0.2) is 0 Å². The zero-order valence-corrected chi connectivity index (χ0v) is 21.1. The van der Waals surface area contributed by atoms with Gasteiger partial charge in [0.2, 0.25) is 22.0 Å². The maximum absolute atomic E-state index is 13.6. The molecule has 0 saturated heterocycles. The Balaban J connectivity index is 1.63. The lowest BCUT2D eigenvalue weighted by atomic mass is 10.1. The molecule has 8 nitrogen and oxygen atoms in total. The average molecular weight is 529 g/mol. The SMILES string of the molecule is COC(=O)C1CN(C(=O)CN(CCc2ccccc2)S(=O)(=O)c2ccc(Cl)cc2)c2ccccc2O1. The van der Waals surface area contributed by atoms with Crippen LogP contribution in [0.2, 0.25) is 5.02 Å². The average Bonchev–Trinajstić information content (AvgIpc) is 2.90. The molecule has 0 aromatic heterocycles. The highest BCUT2D eigenvalue weighted by atomic mass is 35.5. The van der Waals surface area contributed by atoms with Gasteiger partial charge in [-0.1, -0.05) is 54.1 Å². The molecule has 1 atom stereocenters. The van der Waals surface area contributed by atoms with E-state index in [1.165, 1.54) is 36.3 Å². The Hall–Kier alpha value is -3.40. The molecule has 3 aromatic rings. The Bertz CT molecular complexity index is 1330. The molecule has 1 aliphatic rings. The van der Waals surface area contributed by atoms with Gasteiger partial charge in [-0.3, -0.25) is 4.79 Å². The number of anilines is 1. The van der Waals surface area contributed by atoms with Gasteiger partial charge in [0.05, 0.1) is 30.8 Å². The minimum Gasteiger partial charge on any atom is -0.475 e. The van der Waals surface area contributed by atoms with Crippen LogP contribution in [0.4, 0.5) is 5.69 Å². The Morgan fingerprint density at radius 3 is 2.39 bits per heavy atom. The summed E-state index contributed by atoms with van der Waals surface area (Å²) in [6.07, 6.45) is -0.620. The molecule has 188 valence electrons. The van der Waals surface area contributed by atoms with Gasteiger partial charge in [0, 0.05) is 11.6 Å². The number of sulfonamides is 1. The maximum Gasteiger partial charge on any atom is 0.348 e. The van der Waals surface area contributed by atoms with Gasteiger partial charge in [-0.25, -0.2) is 13.2 Å². The van der Waals surface area contributed by atoms with E-state index in [9.17, 15) is 18.0 Å². The third-order valence-corrected chi connectivity index (χ3v) is 7.91. The molecule has 3 aromatic carbocycles. The van der Waals surface area contributed by atoms with Crippen molar-refractivity contribution in [1.29, 1.82) is 0 Å². The van der Waals surface area contributed by atoms with Crippen molar-refractivity contribution in [3.8, 4) is 5.75 Å². The molecular weight excluding hydrogens is 504 g/mol. The molecule has 0 saturated carbocycles. The molecule has 10 heteroatoms. The van der Waals surface area contributed by atoms with Crippen LogP contribution in [0.5, 0.6) is 5.75 Å². The number of carbonyl (C=O) groups excluding carboxylic acids is 2. The second-order valence-electron chi connectivity index (χ2n) is 8.13. The summed E-state index contributed by atoms with van der Waals surface area (Å²) in [5.41, 5.74) is 1.39. The van der Waals surface area contributed by atoms with Crippen LogP contribution in [0.1, 0.15) is 5.56 Å². The van der Waals surface area contributed by atoms with Crippen LogP contribution in [-0.2, 0) is 30.8 Å². The summed E-state index contributed by atoms with van der Waals surface area (Å²) in [4.78, 5) is 27.2. The van der Waals surface area contributed by atoms with Gasteiger partial charge in [-0.2, -0.15) is 4.31 Å². The highest BCUT2D eigenvalue weighted by Crippen LogP contribution is 2.33. The van der Waals surface area contributed by atoms with E-state index in [1.54, 1.807) is 24.3 Å². The van der Waals surface area contributed by atoms with E-state index in [1.807, 2.05) is 30.3 Å². The summed E-state index contributed by atoms with van der Waals surface area (Å²) in [6.45, 7) is -0.455. The van der Waals surface area contributed by atoms with Crippen molar-refractivity contribution in [2.45, 2.75) is 17.4 Å². The number of rotatable bonds is 8. The Labute approximate surface area is 215 Å². The fourth-order valence-corrected chi connectivity index (χ4v) is 5.42. The third kappa shape index (κ3) is 5.70. The fraction of sp³-hybridized carbons (Fsp3) is 0.231. The van der Waals surface area contributed by atoms with Crippen molar-refractivity contribution < 1.29 is 27.5 Å². The number of methoxy groups -OCH3 is 1. The molecular formula is C26H25ClN2O6S. The van der Waals surface area contributed by atoms with Crippen LogP contribution in [-0.4, -0.2) is 57.4 Å². The van der Waals surface area contributed by atoms with Crippen molar-refractivity contribution in [1.82, 2.24) is 4.31 Å². The lowest BCUT2D eigenvalue weighted by Gasteiger charge is -2.34. The summed E-state index contributed by atoms with van der Waals surface area (Å²) in [5, 5.41) is 0.402. The zero-order chi connectivity index (χ0) is 25.7. The van der Waals surface area contributed by atoms with Gasteiger partial charge < -0.3 is 14.4 Å². The van der Waals surface area contributed by atoms with E-state index in [0.717, 1.165) is 9.87 Å². The quantitative estimate of drug-likeness (QED) is 0.415. The molecule has 36 heavy (non-hydrogen) atoms. The van der Waals surface area contributed by atoms with Gasteiger partial charge in [0.1, 0.15) is 5.75 Å². The number of amides is 1. The minimum atomic E-state index is -4.03. The van der Waals surface area contributed by atoms with E-state index in [2.05, 4.69) is 0 Å². The molecule has 1 amide bonds. The topological polar surface area (TPSA) is 93.2 Å². The van der Waals surface area contributed by atoms with Crippen LogP contribution in [0.25, 0.3) is 0 Å². The van der Waals surface area contributed by atoms with Crippen molar-refractivity contribution >= 4 is 39.2 Å². The summed E-state index contributed by atoms with van der Waals surface area (Å²) in [7, 11) is -2.79. The maximum atomic E-state index is 13.6. The number of para-hydroxylation sites is 2. The van der Waals surface area contributed by atoms with Gasteiger partial charge >= 0.3 is 5.97 Å². The molecule has 0 bridgehead atoms. The summed E-state index contributed by atoms with van der Waals surface area (Å²) in [5.74, 6) is -0.786. The monoisotopic (exact) mass is 528 g/mol. The smallest absolute Gasteiger partial charge is 0.348 e. The van der Waals surface area contributed by atoms with Crippen molar-refractivity contribution in [2.75, 3.05) is 31.6 Å². The number of hydrogen-bond acceptors (Lipinski definition) is 6. The number of carbonyl (C=O) groups is 2. The Kier molecular flexibility index (Phi) is 7.93. The summed E-state index contributed by atoms with van der Waals surface area (Å²) in [6, 6.07) is 22.0. The van der Waals surface area contributed by atoms with Crippen molar-refractivity contribution in [2.24, 2.45) is 0 Å². The normalized spacial score (nSPS) is 15.2. The number of hydrogen-bond donors (Lipinski definition) is 0. The van der Waals surface area contributed by atoms with E-state index in [0.29, 0.717) is 22.9 Å². The van der Waals surface area contributed by atoms with E-state index in [-0.39, 0.29) is 18.0 Å². The van der Waals surface area contributed by atoms with Gasteiger partial charge in [0.25, 0.3) is 0 Å². The summed E-state index contributed by atoms with van der Waals surface area (Å²) >= 11 is 5.95. The van der Waals surface area contributed by atoms with E-state index < -0.39 is 34.5 Å². The number of nitrogens with zero attached hydrogens (tertiary/aromatic N) is 2. The number of ether oxygens (including phenoxy) is 2. The molecule has 0 aliphatic carbocycles.